The van der Waals surface area contributed by atoms with E-state index in [4.69, 9.17) is 9.84 Å². The molecule has 2 aromatic carbocycles. The van der Waals surface area contributed by atoms with Gasteiger partial charge in [0, 0.05) is 5.56 Å². The molecule has 13 nitrogen and oxygen atoms in total. The minimum absolute atomic E-state index is 0.0275. The van der Waals surface area contributed by atoms with Gasteiger partial charge in [-0.1, -0.05) is 12.1 Å². The number of carboxylic acid groups (broad SMARTS) is 1. The van der Waals surface area contributed by atoms with Crippen molar-refractivity contribution in [1.82, 2.24) is 10.6 Å². The first-order chi connectivity index (χ1) is 19.0. The zero-order valence-corrected chi connectivity index (χ0v) is 22.2. The molecule has 2 atom stereocenters. The van der Waals surface area contributed by atoms with Gasteiger partial charge in [-0.15, -0.1) is 0 Å². The average molecular weight is 555 g/mol. The molecule has 3 rings (SSSR count). The number of hydrogen-bond donors (Lipinski definition) is 4. The summed E-state index contributed by atoms with van der Waals surface area (Å²) in [7, 11) is 0. The number of benzene rings is 2. The highest BCUT2D eigenvalue weighted by molar-refractivity contribution is 6.10. The van der Waals surface area contributed by atoms with Gasteiger partial charge in [-0.25, -0.2) is 4.79 Å². The van der Waals surface area contributed by atoms with E-state index in [1.807, 2.05) is 0 Å². The molecule has 13 heteroatoms. The molecule has 2 aromatic rings. The predicted molar refractivity (Wildman–Crippen MR) is 142 cm³/mol. The maximum Gasteiger partial charge on any atom is 0.414 e. The van der Waals surface area contributed by atoms with Crippen LogP contribution >= 0.6 is 0 Å². The molecule has 1 aliphatic rings. The van der Waals surface area contributed by atoms with Crippen LogP contribution < -0.4 is 20.4 Å². The molecule has 0 spiro atoms. The van der Waals surface area contributed by atoms with Crippen LogP contribution in [-0.2, 0) is 23.9 Å². The van der Waals surface area contributed by atoms with Crippen molar-refractivity contribution >= 4 is 47.4 Å². The number of nitrogens with zero attached hydrogens (tertiary/aromatic N) is 2. The van der Waals surface area contributed by atoms with E-state index in [0.29, 0.717) is 11.1 Å². The number of phenolic OH excluding ortho intramolecular Hbond substituents is 1. The number of aldehydes is 1. The lowest BCUT2D eigenvalue weighted by Crippen LogP contribution is -2.54. The fraction of sp³-hybridized carbons (Fsp3) is 0.333. The average Bonchev–Trinajstić information content (AvgIpc) is 3.01. The summed E-state index contributed by atoms with van der Waals surface area (Å²) in [5.41, 5.74) is 1.44. The van der Waals surface area contributed by atoms with Crippen molar-refractivity contribution in [3.63, 3.8) is 0 Å². The van der Waals surface area contributed by atoms with E-state index in [-0.39, 0.29) is 42.1 Å². The van der Waals surface area contributed by atoms with E-state index < -0.39 is 54.8 Å². The molecular weight excluding hydrogens is 524 g/mol. The molecule has 40 heavy (non-hydrogen) atoms. The van der Waals surface area contributed by atoms with Crippen molar-refractivity contribution < 1.29 is 43.7 Å². The third-order valence-electron chi connectivity index (χ3n) is 6.15. The smallest absolute Gasteiger partial charge is 0.414 e. The lowest BCUT2D eigenvalue weighted by atomic mass is 10.0. The van der Waals surface area contributed by atoms with Crippen molar-refractivity contribution in [2.75, 3.05) is 29.5 Å². The molecule has 4 amide bonds. The minimum Gasteiger partial charge on any atom is -0.507 e. The number of fused-ring (bicyclic) bond motifs is 1. The number of para-hydroxylation sites is 2. The van der Waals surface area contributed by atoms with Crippen molar-refractivity contribution in [1.29, 1.82) is 0 Å². The Morgan fingerprint density at radius 3 is 2.33 bits per heavy atom. The van der Waals surface area contributed by atoms with E-state index >= 15 is 0 Å². The zero-order chi connectivity index (χ0) is 29.6. The molecular formula is C27H30N4O9. The summed E-state index contributed by atoms with van der Waals surface area (Å²) in [6, 6.07) is 6.47. The normalized spacial score (nSPS) is 15.4. The number of hydrogen-bond acceptors (Lipinski definition) is 8. The van der Waals surface area contributed by atoms with Crippen molar-refractivity contribution in [2.24, 2.45) is 0 Å². The number of carbonyl (C=O) groups excluding carboxylic acids is 5. The van der Waals surface area contributed by atoms with Gasteiger partial charge >= 0.3 is 12.1 Å². The Hall–Kier alpha value is -4.94. The maximum absolute atomic E-state index is 13.8. The number of rotatable bonds is 9. The summed E-state index contributed by atoms with van der Waals surface area (Å²) in [5, 5.41) is 23.9. The number of anilines is 2. The number of carboxylic acids is 1. The van der Waals surface area contributed by atoms with Crippen LogP contribution in [0.5, 0.6) is 5.75 Å². The zero-order valence-electron chi connectivity index (χ0n) is 22.2. The Balaban J connectivity index is 2.00. The van der Waals surface area contributed by atoms with Gasteiger partial charge in [-0.2, -0.15) is 0 Å². The summed E-state index contributed by atoms with van der Waals surface area (Å²) in [6.45, 7) is 3.92. The molecule has 0 bridgehead atoms. The summed E-state index contributed by atoms with van der Waals surface area (Å²) >= 11 is 0. The Bertz CT molecular complexity index is 1320. The van der Waals surface area contributed by atoms with Crippen LogP contribution in [0.15, 0.2) is 36.4 Å². The molecule has 0 unspecified atom stereocenters. The van der Waals surface area contributed by atoms with Gasteiger partial charge < -0.3 is 30.4 Å². The van der Waals surface area contributed by atoms with Crippen molar-refractivity contribution in [2.45, 2.75) is 39.3 Å². The third kappa shape index (κ3) is 6.73. The van der Waals surface area contributed by atoms with Crippen molar-refractivity contribution in [3.8, 4) is 5.75 Å². The van der Waals surface area contributed by atoms with E-state index in [2.05, 4.69) is 10.6 Å². The second-order valence-corrected chi connectivity index (χ2v) is 9.12. The van der Waals surface area contributed by atoms with Crippen LogP contribution in [-0.4, -0.2) is 78.1 Å². The molecule has 212 valence electrons. The first kappa shape index (κ1) is 29.6. The van der Waals surface area contributed by atoms with Gasteiger partial charge in [-0.05, 0) is 56.2 Å². The highest BCUT2D eigenvalue weighted by Crippen LogP contribution is 2.33. The molecule has 4 N–H and O–H groups in total. The molecule has 0 radical (unpaired) electrons. The highest BCUT2D eigenvalue weighted by Gasteiger charge is 2.38. The summed E-state index contributed by atoms with van der Waals surface area (Å²) in [6.07, 6.45) is -1.16. The lowest BCUT2D eigenvalue weighted by Gasteiger charge is -2.25. The molecule has 0 saturated carbocycles. The number of aromatic hydroxyl groups is 1. The van der Waals surface area contributed by atoms with Crippen molar-refractivity contribution in [3.05, 3.63) is 53.1 Å². The minimum atomic E-state index is -1.34. The number of ether oxygens (including phenoxy) is 1. The number of nitrogens with one attached hydrogen (secondary N) is 2. The fourth-order valence-electron chi connectivity index (χ4n) is 4.28. The molecule has 0 saturated heterocycles. The van der Waals surface area contributed by atoms with E-state index in [1.165, 1.54) is 23.1 Å². The standard InChI is InChI=1S/C27H30N4O9/c1-4-40-27(39)31-12-19(29-25(37)17-9-15(2)24(36)16(3)10-17)26(38)30(20-7-5-6-8-21(20)31)13-22(33)28-18(14-32)11-23(34)35/h5-10,14,18-19,36H,4,11-13H2,1-3H3,(H,28,33)(H,29,37)(H,34,35)/t18-,19-/m0/s1. The van der Waals surface area contributed by atoms with Gasteiger partial charge in [0.2, 0.25) is 5.91 Å². The Morgan fingerprint density at radius 1 is 1.12 bits per heavy atom. The van der Waals surface area contributed by atoms with Crippen LogP contribution in [0.2, 0.25) is 0 Å². The predicted octanol–water partition coefficient (Wildman–Crippen LogP) is 1.28. The first-order valence-corrected chi connectivity index (χ1v) is 12.4. The van der Waals surface area contributed by atoms with Crippen LogP contribution in [0.1, 0.15) is 34.8 Å². The topological polar surface area (TPSA) is 183 Å². The Labute approximate surface area is 229 Å². The summed E-state index contributed by atoms with van der Waals surface area (Å²) < 4.78 is 5.18. The van der Waals surface area contributed by atoms with Crippen LogP contribution in [0, 0.1) is 13.8 Å². The quantitative estimate of drug-likeness (QED) is 0.332. The largest absolute Gasteiger partial charge is 0.507 e. The van der Waals surface area contributed by atoms with E-state index in [0.717, 1.165) is 4.90 Å². The van der Waals surface area contributed by atoms with Gasteiger partial charge in [0.15, 0.2) is 0 Å². The van der Waals surface area contributed by atoms with Gasteiger partial charge in [0.05, 0.1) is 37.0 Å². The van der Waals surface area contributed by atoms with Gasteiger partial charge in [0.25, 0.3) is 11.8 Å². The maximum atomic E-state index is 13.8. The number of carbonyl (C=O) groups is 6. The SMILES string of the molecule is CCOC(=O)N1C[C@H](NC(=O)c2cc(C)c(O)c(C)c2)C(=O)N(CC(=O)N[C@H](C=O)CC(=O)O)c2ccccc21. The second-order valence-electron chi connectivity index (χ2n) is 9.12. The number of amides is 4. The molecule has 0 fully saturated rings. The van der Waals surface area contributed by atoms with Gasteiger partial charge in [0.1, 0.15) is 24.6 Å². The van der Waals surface area contributed by atoms with Crippen LogP contribution in [0.3, 0.4) is 0 Å². The fourth-order valence-corrected chi connectivity index (χ4v) is 4.28. The van der Waals surface area contributed by atoms with E-state index in [1.54, 1.807) is 39.0 Å². The Kier molecular flexibility index (Phi) is 9.43. The molecule has 1 heterocycles. The van der Waals surface area contributed by atoms with E-state index in [9.17, 15) is 33.9 Å². The highest BCUT2D eigenvalue weighted by atomic mass is 16.6. The summed E-state index contributed by atoms with van der Waals surface area (Å²) in [4.78, 5) is 77.2. The number of aryl methyl sites for hydroxylation is 2. The molecule has 0 aliphatic carbocycles. The first-order valence-electron chi connectivity index (χ1n) is 12.4. The second kappa shape index (κ2) is 12.7. The third-order valence-corrected chi connectivity index (χ3v) is 6.15. The summed E-state index contributed by atoms with van der Waals surface area (Å²) in [5.74, 6) is -3.51. The number of aliphatic carboxylic acids is 1. The lowest BCUT2D eigenvalue weighted by molar-refractivity contribution is -0.138. The number of phenols is 1. The Morgan fingerprint density at radius 2 is 1.75 bits per heavy atom. The van der Waals surface area contributed by atoms with Crippen LogP contribution in [0.4, 0.5) is 16.2 Å². The van der Waals surface area contributed by atoms with Crippen LogP contribution in [0.25, 0.3) is 0 Å². The molecule has 1 aliphatic heterocycles. The monoisotopic (exact) mass is 554 g/mol. The van der Waals surface area contributed by atoms with Gasteiger partial charge in [-0.3, -0.25) is 29.0 Å². The molecule has 0 aromatic heterocycles.